The van der Waals surface area contributed by atoms with E-state index < -0.39 is 12.1 Å². The second-order valence-corrected chi connectivity index (χ2v) is 9.92. The van der Waals surface area contributed by atoms with E-state index in [0.717, 1.165) is 16.9 Å². The van der Waals surface area contributed by atoms with Gasteiger partial charge in [0, 0.05) is 38.1 Å². The summed E-state index contributed by atoms with van der Waals surface area (Å²) in [5.74, 6) is 2.44. The number of nitrogens with zero attached hydrogens (tertiary/aromatic N) is 6. The average molecular weight is 570 g/mol. The minimum atomic E-state index is -0.686. The van der Waals surface area contributed by atoms with Crippen LogP contribution >= 0.6 is 0 Å². The van der Waals surface area contributed by atoms with E-state index in [1.807, 2.05) is 53.4 Å². The van der Waals surface area contributed by atoms with Crippen molar-refractivity contribution in [2.75, 3.05) is 44.3 Å². The monoisotopic (exact) mass is 569 g/mol. The number of hydrogen-bond donors (Lipinski definition) is 1. The van der Waals surface area contributed by atoms with Gasteiger partial charge in [-0.25, -0.2) is 19.7 Å². The van der Waals surface area contributed by atoms with E-state index in [-0.39, 0.29) is 19.1 Å². The van der Waals surface area contributed by atoms with E-state index in [9.17, 15) is 9.59 Å². The highest BCUT2D eigenvalue weighted by Crippen LogP contribution is 2.30. The second kappa shape index (κ2) is 12.6. The third-order valence-corrected chi connectivity index (χ3v) is 7.17. The third-order valence-electron chi connectivity index (χ3n) is 7.17. The zero-order valence-electron chi connectivity index (χ0n) is 23.0. The largest absolute Gasteiger partial charge is 0.486 e. The average Bonchev–Trinajstić information content (AvgIpc) is 3.59. The van der Waals surface area contributed by atoms with E-state index in [1.54, 1.807) is 34.3 Å². The highest BCUT2D eigenvalue weighted by atomic mass is 16.6. The van der Waals surface area contributed by atoms with Crippen molar-refractivity contribution in [3.63, 3.8) is 0 Å². The summed E-state index contributed by atoms with van der Waals surface area (Å²) in [7, 11) is 0. The molecule has 2 aliphatic rings. The van der Waals surface area contributed by atoms with Crippen LogP contribution in [0.1, 0.15) is 11.1 Å². The van der Waals surface area contributed by atoms with Crippen LogP contribution in [0.4, 0.5) is 10.6 Å². The molecule has 6 rings (SSSR count). The first-order chi connectivity index (χ1) is 20.6. The molecule has 0 aliphatic carbocycles. The van der Waals surface area contributed by atoms with E-state index in [0.29, 0.717) is 56.7 Å². The molecule has 2 amide bonds. The number of nitrogens with one attached hydrogen (secondary N) is 1. The number of carbonyl (C=O) groups is 2. The van der Waals surface area contributed by atoms with Gasteiger partial charge in [0.15, 0.2) is 11.5 Å². The predicted molar refractivity (Wildman–Crippen MR) is 153 cm³/mol. The zero-order valence-corrected chi connectivity index (χ0v) is 23.0. The molecule has 12 nitrogen and oxygen atoms in total. The predicted octanol–water partition coefficient (Wildman–Crippen LogP) is 2.62. The lowest BCUT2D eigenvalue weighted by Crippen LogP contribution is -2.60. The smallest absolute Gasteiger partial charge is 0.410 e. The van der Waals surface area contributed by atoms with E-state index in [2.05, 4.69) is 20.3 Å². The van der Waals surface area contributed by atoms with Crippen molar-refractivity contribution < 1.29 is 23.8 Å². The molecule has 1 saturated heterocycles. The van der Waals surface area contributed by atoms with Crippen molar-refractivity contribution >= 4 is 17.8 Å². The molecule has 0 radical (unpaired) electrons. The minimum absolute atomic E-state index is 0.147. The van der Waals surface area contributed by atoms with E-state index >= 15 is 0 Å². The van der Waals surface area contributed by atoms with Crippen LogP contribution in [0.3, 0.4) is 0 Å². The first-order valence-electron chi connectivity index (χ1n) is 13.8. The Labute approximate surface area is 242 Å². The molecule has 216 valence electrons. The van der Waals surface area contributed by atoms with Crippen LogP contribution in [0.25, 0.3) is 5.82 Å². The quantitative estimate of drug-likeness (QED) is 0.341. The standard InChI is InChI=1S/C30H31N7O5/c38-29(32-9-8-22-6-7-25-26(16-22)41-15-14-40-25)24-18-35(30(39)42-19-23-4-2-1-3-5-23)12-13-37(24)28-17-27(33-20-34-28)36-11-10-31-21-36/h1-7,10-11,16-17,20-21,24H,8-9,12-15,18-19H2,(H,32,38). The van der Waals surface area contributed by atoms with Gasteiger partial charge in [0.25, 0.3) is 0 Å². The number of benzene rings is 2. The van der Waals surface area contributed by atoms with Gasteiger partial charge in [0.05, 0.1) is 6.54 Å². The van der Waals surface area contributed by atoms with Crippen molar-refractivity contribution in [2.24, 2.45) is 0 Å². The second-order valence-electron chi connectivity index (χ2n) is 9.92. The number of ether oxygens (including phenoxy) is 3. The SMILES string of the molecule is O=C(NCCc1ccc2c(c1)OCCO2)C1CN(C(=O)OCc2ccccc2)CCN1c1cc(-n2ccnc2)ncn1. The molecule has 1 N–H and O–H groups in total. The molecule has 4 heterocycles. The van der Waals surface area contributed by atoms with Crippen LogP contribution in [0, 0.1) is 0 Å². The summed E-state index contributed by atoms with van der Waals surface area (Å²) in [4.78, 5) is 43.0. The summed E-state index contributed by atoms with van der Waals surface area (Å²) < 4.78 is 18.6. The van der Waals surface area contributed by atoms with Crippen molar-refractivity contribution in [3.05, 3.63) is 90.8 Å². The molecule has 0 bridgehead atoms. The molecule has 1 atom stereocenters. The van der Waals surface area contributed by atoms with Gasteiger partial charge in [-0.05, 0) is 29.7 Å². The molecule has 1 fully saturated rings. The van der Waals surface area contributed by atoms with Crippen molar-refractivity contribution in [2.45, 2.75) is 19.1 Å². The number of aromatic nitrogens is 4. The fourth-order valence-corrected chi connectivity index (χ4v) is 4.98. The molecule has 4 aromatic rings. The van der Waals surface area contributed by atoms with Crippen molar-refractivity contribution in [1.82, 2.24) is 29.7 Å². The van der Waals surface area contributed by atoms with Gasteiger partial charge >= 0.3 is 6.09 Å². The summed E-state index contributed by atoms with van der Waals surface area (Å²) in [5, 5.41) is 3.05. The summed E-state index contributed by atoms with van der Waals surface area (Å²) in [6.45, 7) is 2.53. The van der Waals surface area contributed by atoms with Gasteiger partial charge in [0.1, 0.15) is 50.2 Å². The number of imidazole rings is 1. The molecule has 0 saturated carbocycles. The van der Waals surface area contributed by atoms with Crippen LogP contribution < -0.4 is 19.7 Å². The van der Waals surface area contributed by atoms with Crippen molar-refractivity contribution in [1.29, 1.82) is 0 Å². The fourth-order valence-electron chi connectivity index (χ4n) is 4.98. The highest BCUT2D eigenvalue weighted by molar-refractivity contribution is 5.86. The Kier molecular flexibility index (Phi) is 8.11. The first-order valence-corrected chi connectivity index (χ1v) is 13.8. The number of piperazine rings is 1. The van der Waals surface area contributed by atoms with E-state index in [4.69, 9.17) is 14.2 Å². The van der Waals surface area contributed by atoms with Gasteiger partial charge in [-0.3, -0.25) is 9.36 Å². The molecule has 2 aromatic carbocycles. The molecule has 0 spiro atoms. The molecule has 1 unspecified atom stereocenters. The molecule has 2 aliphatic heterocycles. The lowest BCUT2D eigenvalue weighted by molar-refractivity contribution is -0.123. The number of rotatable bonds is 8. The lowest BCUT2D eigenvalue weighted by atomic mass is 10.1. The minimum Gasteiger partial charge on any atom is -0.486 e. The Morgan fingerprint density at radius 1 is 0.952 bits per heavy atom. The Hall–Kier alpha value is -5.13. The Morgan fingerprint density at radius 3 is 2.62 bits per heavy atom. The van der Waals surface area contributed by atoms with E-state index in [1.165, 1.54) is 6.33 Å². The first kappa shape index (κ1) is 27.1. The summed E-state index contributed by atoms with van der Waals surface area (Å²) in [5.41, 5.74) is 1.91. The lowest BCUT2D eigenvalue weighted by Gasteiger charge is -2.40. The van der Waals surface area contributed by atoms with Gasteiger partial charge in [-0.15, -0.1) is 0 Å². The van der Waals surface area contributed by atoms with Gasteiger partial charge < -0.3 is 29.3 Å². The Bertz CT molecular complexity index is 1520. The summed E-state index contributed by atoms with van der Waals surface area (Å²) in [6, 6.07) is 16.4. The highest BCUT2D eigenvalue weighted by Gasteiger charge is 2.36. The number of anilines is 1. The maximum Gasteiger partial charge on any atom is 0.410 e. The molecule has 2 aromatic heterocycles. The number of fused-ring (bicyclic) bond motifs is 1. The van der Waals surface area contributed by atoms with Gasteiger partial charge in [-0.1, -0.05) is 36.4 Å². The normalized spacial score (nSPS) is 16.1. The van der Waals surface area contributed by atoms with Crippen LogP contribution in [-0.2, 0) is 22.6 Å². The maximum absolute atomic E-state index is 13.6. The fraction of sp³-hybridized carbons (Fsp3) is 0.300. The Morgan fingerprint density at radius 2 is 1.79 bits per heavy atom. The van der Waals surface area contributed by atoms with Crippen LogP contribution in [0.2, 0.25) is 0 Å². The molecular weight excluding hydrogens is 538 g/mol. The molecule has 42 heavy (non-hydrogen) atoms. The van der Waals surface area contributed by atoms with Gasteiger partial charge in [-0.2, -0.15) is 0 Å². The molecule has 12 heteroatoms. The summed E-state index contributed by atoms with van der Waals surface area (Å²) in [6.07, 6.45) is 6.70. The third kappa shape index (κ3) is 6.27. The number of amides is 2. The van der Waals surface area contributed by atoms with Crippen LogP contribution in [-0.4, -0.2) is 81.9 Å². The number of carbonyl (C=O) groups excluding carboxylic acids is 2. The topological polar surface area (TPSA) is 124 Å². The Balaban J connectivity index is 1.15. The summed E-state index contributed by atoms with van der Waals surface area (Å²) >= 11 is 0. The zero-order chi connectivity index (χ0) is 28.7. The number of hydrogen-bond acceptors (Lipinski definition) is 9. The molecular formula is C30H31N7O5. The van der Waals surface area contributed by atoms with Gasteiger partial charge in [0.2, 0.25) is 5.91 Å². The van der Waals surface area contributed by atoms with Crippen LogP contribution in [0.15, 0.2) is 79.6 Å². The van der Waals surface area contributed by atoms with Crippen LogP contribution in [0.5, 0.6) is 11.5 Å². The maximum atomic E-state index is 13.6. The van der Waals surface area contributed by atoms with Crippen molar-refractivity contribution in [3.8, 4) is 17.3 Å².